The van der Waals surface area contributed by atoms with Gasteiger partial charge in [-0.2, -0.15) is 0 Å². The number of benzene rings is 1. The fourth-order valence-corrected chi connectivity index (χ4v) is 3.75. The molecule has 1 heterocycles. The zero-order valence-corrected chi connectivity index (χ0v) is 13.5. The predicted molar refractivity (Wildman–Crippen MR) is 90.5 cm³/mol. The number of thiophene rings is 1. The molecule has 1 aliphatic rings. The van der Waals surface area contributed by atoms with Crippen molar-refractivity contribution >= 4 is 23.1 Å². The van der Waals surface area contributed by atoms with Crippen molar-refractivity contribution in [3.63, 3.8) is 0 Å². The van der Waals surface area contributed by atoms with E-state index in [1.165, 1.54) is 35.5 Å². The Hall–Kier alpha value is -1.21. The van der Waals surface area contributed by atoms with E-state index < -0.39 is 0 Å². The highest BCUT2D eigenvalue weighted by Crippen LogP contribution is 2.30. The van der Waals surface area contributed by atoms with Crippen molar-refractivity contribution in [3.8, 4) is 11.2 Å². The van der Waals surface area contributed by atoms with Gasteiger partial charge in [-0.1, -0.05) is 43.0 Å². The van der Waals surface area contributed by atoms with Gasteiger partial charge in [0.05, 0.1) is 6.10 Å². The van der Waals surface area contributed by atoms with Crippen LogP contribution in [0.1, 0.15) is 36.7 Å². The van der Waals surface area contributed by atoms with Crippen molar-refractivity contribution in [2.45, 2.75) is 42.8 Å². The SMILES string of the molecule is C(#CC(OC1CCCC1)c1cccs1)Sc1ccccc1. The Labute approximate surface area is 134 Å². The normalized spacial score (nSPS) is 16.4. The van der Waals surface area contributed by atoms with Crippen LogP contribution >= 0.6 is 23.1 Å². The minimum absolute atomic E-state index is 0.0793. The molecule has 1 nitrogen and oxygen atoms in total. The second kappa shape index (κ2) is 7.70. The molecule has 108 valence electrons. The molecule has 1 aliphatic carbocycles. The lowest BCUT2D eigenvalue weighted by molar-refractivity contribution is 0.0238. The highest BCUT2D eigenvalue weighted by molar-refractivity contribution is 8.03. The Kier molecular flexibility index (Phi) is 5.40. The van der Waals surface area contributed by atoms with E-state index in [9.17, 15) is 0 Å². The van der Waals surface area contributed by atoms with Crippen LogP contribution in [-0.2, 0) is 4.74 Å². The van der Waals surface area contributed by atoms with Gasteiger partial charge in [-0.25, -0.2) is 0 Å². The van der Waals surface area contributed by atoms with Crippen molar-refractivity contribution in [2.24, 2.45) is 0 Å². The van der Waals surface area contributed by atoms with Gasteiger partial charge in [-0.15, -0.1) is 11.3 Å². The van der Waals surface area contributed by atoms with Crippen molar-refractivity contribution in [1.29, 1.82) is 0 Å². The molecule has 0 aliphatic heterocycles. The fourth-order valence-electron chi connectivity index (χ4n) is 2.46. The second-order valence-corrected chi connectivity index (χ2v) is 6.96. The summed E-state index contributed by atoms with van der Waals surface area (Å²) < 4.78 is 6.22. The standard InChI is InChI=1S/C18H18OS2/c1-2-9-16(10-3-1)20-14-12-17(18-11-6-13-21-18)19-15-7-4-5-8-15/h1-3,6,9-11,13,15,17H,4-5,7-8H2. The summed E-state index contributed by atoms with van der Waals surface area (Å²) in [5.41, 5.74) is 0. The first-order chi connectivity index (χ1) is 10.4. The highest BCUT2D eigenvalue weighted by atomic mass is 32.2. The summed E-state index contributed by atoms with van der Waals surface area (Å²) in [6.45, 7) is 0. The van der Waals surface area contributed by atoms with E-state index in [-0.39, 0.29) is 6.10 Å². The minimum atomic E-state index is -0.0793. The van der Waals surface area contributed by atoms with Gasteiger partial charge in [0.2, 0.25) is 0 Å². The van der Waals surface area contributed by atoms with Gasteiger partial charge < -0.3 is 4.74 Å². The molecule has 1 aromatic heterocycles. The maximum absolute atomic E-state index is 6.22. The molecule has 0 N–H and O–H groups in total. The Morgan fingerprint density at radius 3 is 2.62 bits per heavy atom. The third kappa shape index (κ3) is 4.38. The second-order valence-electron chi connectivity index (χ2n) is 5.10. The van der Waals surface area contributed by atoms with E-state index in [1.54, 1.807) is 23.1 Å². The molecular formula is C18H18OS2. The van der Waals surface area contributed by atoms with E-state index in [4.69, 9.17) is 4.74 Å². The molecule has 0 radical (unpaired) electrons. The Morgan fingerprint density at radius 1 is 1.10 bits per heavy atom. The smallest absolute Gasteiger partial charge is 0.153 e. The van der Waals surface area contributed by atoms with Gasteiger partial charge in [0, 0.05) is 9.77 Å². The number of hydrogen-bond acceptors (Lipinski definition) is 3. The quantitative estimate of drug-likeness (QED) is 0.544. The van der Waals surface area contributed by atoms with E-state index in [1.807, 2.05) is 18.2 Å². The number of ether oxygens (including phenoxy) is 1. The van der Waals surface area contributed by atoms with Gasteiger partial charge in [0.25, 0.3) is 0 Å². The molecule has 3 heteroatoms. The average Bonchev–Trinajstić information content (AvgIpc) is 3.21. The first kappa shape index (κ1) is 14.7. The molecule has 1 saturated carbocycles. The Morgan fingerprint density at radius 2 is 1.90 bits per heavy atom. The van der Waals surface area contributed by atoms with Crippen LogP contribution in [0.25, 0.3) is 0 Å². The first-order valence-electron chi connectivity index (χ1n) is 7.33. The summed E-state index contributed by atoms with van der Waals surface area (Å²) in [4.78, 5) is 2.39. The summed E-state index contributed by atoms with van der Waals surface area (Å²) in [6.07, 6.45) is 5.23. The van der Waals surface area contributed by atoms with Crippen LogP contribution in [0.2, 0.25) is 0 Å². The first-order valence-corrected chi connectivity index (χ1v) is 9.03. The lowest BCUT2D eigenvalue weighted by Crippen LogP contribution is -2.11. The van der Waals surface area contributed by atoms with Gasteiger partial charge >= 0.3 is 0 Å². The molecular weight excluding hydrogens is 296 g/mol. The summed E-state index contributed by atoms with van der Waals surface area (Å²) >= 11 is 3.29. The summed E-state index contributed by atoms with van der Waals surface area (Å²) in [7, 11) is 0. The van der Waals surface area contributed by atoms with Gasteiger partial charge in [-0.05, 0) is 53.4 Å². The van der Waals surface area contributed by atoms with Crippen molar-refractivity contribution in [3.05, 3.63) is 52.7 Å². The van der Waals surface area contributed by atoms with Crippen LogP contribution in [0.4, 0.5) is 0 Å². The summed E-state index contributed by atoms with van der Waals surface area (Å²) in [6, 6.07) is 14.4. The molecule has 0 spiro atoms. The largest absolute Gasteiger partial charge is 0.357 e. The van der Waals surface area contributed by atoms with Gasteiger partial charge in [0.1, 0.15) is 0 Å². The van der Waals surface area contributed by atoms with Gasteiger partial charge in [-0.3, -0.25) is 0 Å². The maximum Gasteiger partial charge on any atom is 0.153 e. The molecule has 1 unspecified atom stereocenters. The maximum atomic E-state index is 6.22. The van der Waals surface area contributed by atoms with Gasteiger partial charge in [0.15, 0.2) is 6.10 Å². The van der Waals surface area contributed by atoms with Crippen LogP contribution in [0.15, 0.2) is 52.7 Å². The molecule has 21 heavy (non-hydrogen) atoms. The van der Waals surface area contributed by atoms with E-state index >= 15 is 0 Å². The van der Waals surface area contributed by atoms with Crippen molar-refractivity contribution < 1.29 is 4.74 Å². The van der Waals surface area contributed by atoms with Crippen LogP contribution in [-0.4, -0.2) is 6.10 Å². The van der Waals surface area contributed by atoms with Crippen LogP contribution in [0, 0.1) is 11.2 Å². The molecule has 0 bridgehead atoms. The zero-order valence-electron chi connectivity index (χ0n) is 11.8. The third-order valence-electron chi connectivity index (χ3n) is 3.53. The van der Waals surface area contributed by atoms with Crippen molar-refractivity contribution in [1.82, 2.24) is 0 Å². The van der Waals surface area contributed by atoms with Crippen LogP contribution < -0.4 is 0 Å². The molecule has 1 aromatic carbocycles. The van der Waals surface area contributed by atoms with Crippen LogP contribution in [0.3, 0.4) is 0 Å². The fraction of sp³-hybridized carbons (Fsp3) is 0.333. The molecule has 3 rings (SSSR count). The molecule has 2 aromatic rings. The monoisotopic (exact) mass is 314 g/mol. The minimum Gasteiger partial charge on any atom is -0.357 e. The third-order valence-corrected chi connectivity index (χ3v) is 5.18. The molecule has 1 atom stereocenters. The number of rotatable bonds is 4. The number of hydrogen-bond donors (Lipinski definition) is 0. The van der Waals surface area contributed by atoms with Crippen molar-refractivity contribution in [2.75, 3.05) is 0 Å². The molecule has 0 amide bonds. The Bertz CT molecular complexity index is 589. The number of thioether (sulfide) groups is 1. The molecule has 0 saturated heterocycles. The molecule has 1 fully saturated rings. The van der Waals surface area contributed by atoms with E-state index in [2.05, 4.69) is 40.8 Å². The lowest BCUT2D eigenvalue weighted by atomic mass is 10.2. The predicted octanol–water partition coefficient (Wildman–Crippen LogP) is 5.50. The summed E-state index contributed by atoms with van der Waals surface area (Å²) in [5, 5.41) is 5.30. The van der Waals surface area contributed by atoms with E-state index in [0.717, 1.165) is 0 Å². The van der Waals surface area contributed by atoms with Crippen LogP contribution in [0.5, 0.6) is 0 Å². The zero-order chi connectivity index (χ0) is 14.3. The topological polar surface area (TPSA) is 9.23 Å². The highest BCUT2D eigenvalue weighted by Gasteiger charge is 2.21. The lowest BCUT2D eigenvalue weighted by Gasteiger charge is -2.16. The Balaban J connectivity index is 1.67. The average molecular weight is 314 g/mol. The van der Waals surface area contributed by atoms with E-state index in [0.29, 0.717) is 6.10 Å². The summed E-state index contributed by atoms with van der Waals surface area (Å²) in [5.74, 6) is 3.30.